The molecular weight excluding hydrogens is 250 g/mol. The van der Waals surface area contributed by atoms with E-state index in [9.17, 15) is 0 Å². The Morgan fingerprint density at radius 2 is 1.47 bits per heavy atom. The van der Waals surface area contributed by atoms with Crippen LogP contribution in [0.25, 0.3) is 22.2 Å². The minimum atomic E-state index is 0. The third-order valence-electron chi connectivity index (χ3n) is 2.45. The van der Waals surface area contributed by atoms with Crippen molar-refractivity contribution >= 4 is 27.9 Å². The molecule has 3 rings (SSSR count). The van der Waals surface area contributed by atoms with Gasteiger partial charge in [0.05, 0.1) is 11.2 Å². The standard InChI is InChI=1S/C13H9N.BrH/c1-2-6-10-11-7-4-5-9-13(11)14-12(10)8-3-1;/h1-9H;1H. The van der Waals surface area contributed by atoms with Crippen molar-refractivity contribution in [3.8, 4) is 11.3 Å². The second-order valence-corrected chi connectivity index (χ2v) is 3.34. The van der Waals surface area contributed by atoms with Gasteiger partial charge in [-0.25, -0.2) is 4.98 Å². The summed E-state index contributed by atoms with van der Waals surface area (Å²) >= 11 is 0. The largest absolute Gasteiger partial charge is 0.248 e. The summed E-state index contributed by atoms with van der Waals surface area (Å²) in [6, 6.07) is 18.5. The van der Waals surface area contributed by atoms with Crippen molar-refractivity contribution in [3.05, 3.63) is 54.6 Å². The number of benzene rings is 1. The number of aromatic nitrogens is 1. The molecule has 0 N–H and O–H groups in total. The van der Waals surface area contributed by atoms with E-state index < -0.39 is 0 Å². The van der Waals surface area contributed by atoms with Gasteiger partial charge < -0.3 is 0 Å². The van der Waals surface area contributed by atoms with Gasteiger partial charge in [-0.15, -0.1) is 17.0 Å². The first-order valence-corrected chi connectivity index (χ1v) is 4.69. The number of para-hydroxylation sites is 1. The third-order valence-corrected chi connectivity index (χ3v) is 2.45. The lowest BCUT2D eigenvalue weighted by atomic mass is 10.1. The summed E-state index contributed by atoms with van der Waals surface area (Å²) in [7, 11) is 0. The molecule has 0 atom stereocenters. The first-order valence-electron chi connectivity index (χ1n) is 4.69. The van der Waals surface area contributed by atoms with Gasteiger partial charge in [0.1, 0.15) is 0 Å². The predicted molar refractivity (Wildman–Crippen MR) is 68.7 cm³/mol. The SMILES string of the molecule is Br.c1ccc2nc3ccccc3c-2cc1. The molecule has 2 heteroatoms. The molecule has 0 saturated heterocycles. The van der Waals surface area contributed by atoms with Crippen LogP contribution >= 0.6 is 17.0 Å². The Morgan fingerprint density at radius 3 is 2.40 bits per heavy atom. The van der Waals surface area contributed by atoms with E-state index in [4.69, 9.17) is 0 Å². The van der Waals surface area contributed by atoms with E-state index in [-0.39, 0.29) is 17.0 Å². The average molecular weight is 260 g/mol. The van der Waals surface area contributed by atoms with Crippen molar-refractivity contribution in [3.63, 3.8) is 0 Å². The first kappa shape index (κ1) is 10.1. The molecule has 1 aromatic rings. The van der Waals surface area contributed by atoms with Crippen LogP contribution in [0.1, 0.15) is 0 Å². The Bertz CT molecular complexity index is 562. The summed E-state index contributed by atoms with van der Waals surface area (Å²) in [5, 5.41) is 1.23. The summed E-state index contributed by atoms with van der Waals surface area (Å²) in [5.41, 5.74) is 3.37. The zero-order valence-electron chi connectivity index (χ0n) is 8.05. The number of hydrogen-bond donors (Lipinski definition) is 0. The molecule has 1 aromatic carbocycles. The highest BCUT2D eigenvalue weighted by Crippen LogP contribution is 2.29. The zero-order valence-corrected chi connectivity index (χ0v) is 9.76. The molecule has 0 spiro atoms. The number of hydrogen-bond acceptors (Lipinski definition) is 1. The van der Waals surface area contributed by atoms with Gasteiger partial charge in [0.2, 0.25) is 0 Å². The van der Waals surface area contributed by atoms with Crippen LogP contribution in [0.3, 0.4) is 0 Å². The van der Waals surface area contributed by atoms with E-state index >= 15 is 0 Å². The number of rotatable bonds is 0. The van der Waals surface area contributed by atoms with Gasteiger partial charge in [-0.2, -0.15) is 0 Å². The maximum absolute atomic E-state index is 4.56. The smallest absolute Gasteiger partial charge is 0.0716 e. The molecule has 1 aliphatic heterocycles. The minimum absolute atomic E-state index is 0. The van der Waals surface area contributed by atoms with Crippen molar-refractivity contribution in [1.82, 2.24) is 4.98 Å². The Morgan fingerprint density at radius 1 is 0.733 bits per heavy atom. The van der Waals surface area contributed by atoms with Gasteiger partial charge in [-0.05, 0) is 12.1 Å². The fourth-order valence-electron chi connectivity index (χ4n) is 1.79. The van der Waals surface area contributed by atoms with Crippen LogP contribution in [0.2, 0.25) is 0 Å². The Balaban J connectivity index is 0.000000853. The van der Waals surface area contributed by atoms with Crippen LogP contribution in [-0.2, 0) is 0 Å². The summed E-state index contributed by atoms with van der Waals surface area (Å²) in [5.74, 6) is 0. The maximum atomic E-state index is 4.56. The van der Waals surface area contributed by atoms with E-state index in [2.05, 4.69) is 41.4 Å². The van der Waals surface area contributed by atoms with Crippen LogP contribution in [0.5, 0.6) is 0 Å². The summed E-state index contributed by atoms with van der Waals surface area (Å²) < 4.78 is 0. The second kappa shape index (κ2) is 3.99. The normalized spacial score (nSPS) is 10.1. The Labute approximate surface area is 98.9 Å². The molecule has 2 aliphatic rings. The molecule has 0 aromatic heterocycles. The lowest BCUT2D eigenvalue weighted by molar-refractivity contribution is 1.47. The van der Waals surface area contributed by atoms with Gasteiger partial charge in [0, 0.05) is 10.9 Å². The van der Waals surface area contributed by atoms with E-state index in [0.717, 1.165) is 11.2 Å². The average Bonchev–Trinajstić information content (AvgIpc) is 2.42. The number of halogens is 1. The Kier molecular flexibility index (Phi) is 2.69. The van der Waals surface area contributed by atoms with Gasteiger partial charge >= 0.3 is 0 Å². The van der Waals surface area contributed by atoms with E-state index in [1.165, 1.54) is 10.9 Å². The zero-order chi connectivity index (χ0) is 9.38. The lowest BCUT2D eigenvalue weighted by Crippen LogP contribution is -1.66. The molecule has 0 saturated carbocycles. The highest BCUT2D eigenvalue weighted by Gasteiger charge is 2.07. The first-order chi connectivity index (χ1) is 6.95. The van der Waals surface area contributed by atoms with Crippen LogP contribution < -0.4 is 0 Å². The van der Waals surface area contributed by atoms with E-state index in [1.807, 2.05) is 18.2 Å². The van der Waals surface area contributed by atoms with Gasteiger partial charge in [0.15, 0.2) is 0 Å². The van der Waals surface area contributed by atoms with Crippen LogP contribution in [0.4, 0.5) is 0 Å². The van der Waals surface area contributed by atoms with Gasteiger partial charge in [0.25, 0.3) is 0 Å². The topological polar surface area (TPSA) is 12.9 Å². The van der Waals surface area contributed by atoms with Gasteiger partial charge in [-0.3, -0.25) is 0 Å². The third kappa shape index (κ3) is 1.61. The van der Waals surface area contributed by atoms with Crippen LogP contribution in [-0.4, -0.2) is 4.98 Å². The Hall–Kier alpha value is -1.41. The molecule has 1 aliphatic carbocycles. The van der Waals surface area contributed by atoms with Crippen LogP contribution in [0, 0.1) is 0 Å². The van der Waals surface area contributed by atoms with Crippen molar-refractivity contribution in [2.24, 2.45) is 0 Å². The molecule has 74 valence electrons. The quantitative estimate of drug-likeness (QED) is 0.597. The fourth-order valence-corrected chi connectivity index (χ4v) is 1.79. The van der Waals surface area contributed by atoms with Crippen molar-refractivity contribution in [1.29, 1.82) is 0 Å². The second-order valence-electron chi connectivity index (χ2n) is 3.34. The number of nitrogens with zero attached hydrogens (tertiary/aromatic N) is 1. The van der Waals surface area contributed by atoms with Crippen molar-refractivity contribution < 1.29 is 0 Å². The highest BCUT2D eigenvalue weighted by molar-refractivity contribution is 8.93. The molecule has 0 bridgehead atoms. The summed E-state index contributed by atoms with van der Waals surface area (Å²) in [6.07, 6.45) is 0. The summed E-state index contributed by atoms with van der Waals surface area (Å²) in [6.45, 7) is 0. The maximum Gasteiger partial charge on any atom is 0.0716 e. The molecule has 0 unspecified atom stereocenters. The fraction of sp³-hybridized carbons (Fsp3) is 0. The molecule has 1 nitrogen and oxygen atoms in total. The lowest BCUT2D eigenvalue weighted by Gasteiger charge is -1.89. The van der Waals surface area contributed by atoms with Crippen molar-refractivity contribution in [2.45, 2.75) is 0 Å². The molecule has 0 fully saturated rings. The molecular formula is C13H10BrN. The van der Waals surface area contributed by atoms with E-state index in [1.54, 1.807) is 0 Å². The van der Waals surface area contributed by atoms with Gasteiger partial charge in [-0.1, -0.05) is 42.5 Å². The number of fused-ring (bicyclic) bond motifs is 3. The summed E-state index contributed by atoms with van der Waals surface area (Å²) in [4.78, 5) is 4.56. The highest BCUT2D eigenvalue weighted by atomic mass is 79.9. The predicted octanol–water partition coefficient (Wildman–Crippen LogP) is 3.92. The monoisotopic (exact) mass is 259 g/mol. The van der Waals surface area contributed by atoms with E-state index in [0.29, 0.717) is 0 Å². The minimum Gasteiger partial charge on any atom is -0.248 e. The van der Waals surface area contributed by atoms with Crippen LogP contribution in [0.15, 0.2) is 54.6 Å². The molecule has 15 heavy (non-hydrogen) atoms. The van der Waals surface area contributed by atoms with Crippen molar-refractivity contribution in [2.75, 3.05) is 0 Å². The molecule has 0 amide bonds. The molecule has 1 heterocycles. The molecule has 0 radical (unpaired) electrons.